The standard InChI is InChI=1S/C31H37N2O4PSi/c1-31(2,3)39(4,5)35-24-25-21-22-32-29(23-25)36-38(34,37-33-28-19-13-8-14-20-28)30(26-15-9-6-10-16-26)27-17-11-7-12-18-27/h6-23,30,33H,24H2,1-5H3. The normalized spacial score (nSPS) is 13.6. The van der Waals surface area contributed by atoms with Crippen molar-refractivity contribution in [2.24, 2.45) is 0 Å². The van der Waals surface area contributed by atoms with Gasteiger partial charge in [-0.1, -0.05) is 99.6 Å². The number of hydrogen-bond donors (Lipinski definition) is 1. The molecule has 0 aliphatic carbocycles. The zero-order valence-electron chi connectivity index (χ0n) is 23.2. The van der Waals surface area contributed by atoms with Crippen LogP contribution in [0.25, 0.3) is 0 Å². The van der Waals surface area contributed by atoms with E-state index in [1.807, 2.05) is 97.1 Å². The first-order valence-electron chi connectivity index (χ1n) is 13.1. The second-order valence-corrected chi connectivity index (χ2v) is 17.7. The zero-order valence-corrected chi connectivity index (χ0v) is 25.1. The van der Waals surface area contributed by atoms with E-state index in [1.165, 1.54) is 0 Å². The van der Waals surface area contributed by atoms with Crippen LogP contribution in [0.4, 0.5) is 5.69 Å². The summed E-state index contributed by atoms with van der Waals surface area (Å²) in [7, 11) is -5.92. The van der Waals surface area contributed by atoms with Crippen LogP contribution in [0.2, 0.25) is 18.1 Å². The maximum Gasteiger partial charge on any atom is 0.413 e. The molecule has 4 aromatic rings. The largest absolute Gasteiger partial charge is 0.413 e. The predicted octanol–water partition coefficient (Wildman–Crippen LogP) is 9.01. The molecule has 0 radical (unpaired) electrons. The third-order valence-electron chi connectivity index (χ3n) is 7.04. The Morgan fingerprint density at radius 1 is 0.846 bits per heavy atom. The molecule has 1 aromatic heterocycles. The predicted molar refractivity (Wildman–Crippen MR) is 160 cm³/mol. The van der Waals surface area contributed by atoms with Crippen molar-refractivity contribution in [2.45, 2.75) is 51.2 Å². The van der Waals surface area contributed by atoms with Gasteiger partial charge in [0.15, 0.2) is 8.32 Å². The fraction of sp³-hybridized carbons (Fsp3) is 0.258. The van der Waals surface area contributed by atoms with Crippen molar-refractivity contribution in [1.29, 1.82) is 0 Å². The summed E-state index contributed by atoms with van der Waals surface area (Å²) in [4.78, 5) is 4.40. The first kappa shape index (κ1) is 28.8. The molecule has 1 unspecified atom stereocenters. The van der Waals surface area contributed by atoms with Gasteiger partial charge in [0.2, 0.25) is 5.88 Å². The fourth-order valence-corrected chi connectivity index (χ4v) is 6.65. The summed E-state index contributed by atoms with van der Waals surface area (Å²) in [5, 5.41) is 0.0879. The van der Waals surface area contributed by atoms with Crippen LogP contribution < -0.4 is 10.0 Å². The number of benzene rings is 3. The van der Waals surface area contributed by atoms with Crippen LogP contribution in [0.3, 0.4) is 0 Å². The number of rotatable bonds is 11. The average Bonchev–Trinajstić information content (AvgIpc) is 2.92. The third-order valence-corrected chi connectivity index (χ3v) is 13.5. The second-order valence-electron chi connectivity index (χ2n) is 11.0. The summed E-state index contributed by atoms with van der Waals surface area (Å²) in [6.45, 7) is 11.5. The first-order valence-corrected chi connectivity index (χ1v) is 17.6. The molecular formula is C31H37N2O4PSi. The molecule has 8 heteroatoms. The molecule has 4 rings (SSSR count). The molecule has 6 nitrogen and oxygen atoms in total. The van der Waals surface area contributed by atoms with Gasteiger partial charge >= 0.3 is 7.60 Å². The molecule has 0 bridgehead atoms. The molecule has 0 aliphatic heterocycles. The maximum atomic E-state index is 14.8. The summed E-state index contributed by atoms with van der Waals surface area (Å²) in [6.07, 6.45) is 1.65. The van der Waals surface area contributed by atoms with Crippen LogP contribution in [0.15, 0.2) is 109 Å². The molecule has 3 aromatic carbocycles. The monoisotopic (exact) mass is 560 g/mol. The van der Waals surface area contributed by atoms with E-state index in [9.17, 15) is 4.57 Å². The van der Waals surface area contributed by atoms with Crippen molar-refractivity contribution < 1.29 is 18.1 Å². The Balaban J connectivity index is 1.69. The van der Waals surface area contributed by atoms with Crippen molar-refractivity contribution >= 4 is 21.6 Å². The van der Waals surface area contributed by atoms with Gasteiger partial charge in [0, 0.05) is 12.3 Å². The number of nitrogens with zero attached hydrogens (tertiary/aromatic N) is 1. The van der Waals surface area contributed by atoms with E-state index < -0.39 is 21.6 Å². The van der Waals surface area contributed by atoms with Gasteiger partial charge in [-0.15, -0.1) is 0 Å². The van der Waals surface area contributed by atoms with Gasteiger partial charge in [-0.25, -0.2) is 9.55 Å². The Bertz CT molecular complexity index is 1340. The zero-order chi connectivity index (χ0) is 27.9. The van der Waals surface area contributed by atoms with Crippen LogP contribution in [0.1, 0.15) is 43.1 Å². The van der Waals surface area contributed by atoms with Gasteiger partial charge in [-0.05, 0) is 53.0 Å². The molecule has 39 heavy (non-hydrogen) atoms. The number of nitrogens with one attached hydrogen (secondary N) is 1. The molecular weight excluding hydrogens is 523 g/mol. The number of pyridine rings is 1. The van der Waals surface area contributed by atoms with Crippen LogP contribution in [-0.2, 0) is 20.2 Å². The van der Waals surface area contributed by atoms with E-state index in [2.05, 4.69) is 44.3 Å². The quantitative estimate of drug-likeness (QED) is 0.112. The average molecular weight is 561 g/mol. The minimum atomic E-state index is -3.96. The van der Waals surface area contributed by atoms with Crippen molar-refractivity contribution in [1.82, 2.24) is 4.98 Å². The molecule has 0 aliphatic rings. The van der Waals surface area contributed by atoms with Gasteiger partial charge in [0.1, 0.15) is 5.66 Å². The van der Waals surface area contributed by atoms with Gasteiger partial charge in [0.05, 0.1) is 12.3 Å². The summed E-state index contributed by atoms with van der Waals surface area (Å²) >= 11 is 0. The summed E-state index contributed by atoms with van der Waals surface area (Å²) < 4.78 is 33.5. The Morgan fingerprint density at radius 3 is 1.92 bits per heavy atom. The van der Waals surface area contributed by atoms with Crippen LogP contribution in [0.5, 0.6) is 5.88 Å². The molecule has 0 saturated heterocycles. The Hall–Kier alpha value is -3.22. The van der Waals surface area contributed by atoms with Gasteiger partial charge in [0.25, 0.3) is 0 Å². The number of aromatic nitrogens is 1. The van der Waals surface area contributed by atoms with Gasteiger partial charge in [-0.2, -0.15) is 4.62 Å². The summed E-state index contributed by atoms with van der Waals surface area (Å²) in [5.41, 5.74) is 5.32. The summed E-state index contributed by atoms with van der Waals surface area (Å²) in [6, 6.07) is 32.2. The number of para-hydroxylation sites is 1. The van der Waals surface area contributed by atoms with E-state index in [4.69, 9.17) is 13.6 Å². The fourth-order valence-electron chi connectivity index (χ4n) is 3.78. The minimum absolute atomic E-state index is 0.0879. The molecule has 0 saturated carbocycles. The van der Waals surface area contributed by atoms with Gasteiger partial charge in [-0.3, -0.25) is 5.48 Å². The van der Waals surface area contributed by atoms with Crippen molar-refractivity contribution in [3.63, 3.8) is 0 Å². The van der Waals surface area contributed by atoms with E-state index in [-0.39, 0.29) is 10.9 Å². The summed E-state index contributed by atoms with van der Waals surface area (Å²) in [5.74, 6) is 0.210. The lowest BCUT2D eigenvalue weighted by atomic mass is 10.0. The Morgan fingerprint density at radius 2 is 1.38 bits per heavy atom. The van der Waals surface area contributed by atoms with Crippen molar-refractivity contribution in [2.75, 3.05) is 5.48 Å². The van der Waals surface area contributed by atoms with E-state index in [1.54, 1.807) is 12.3 Å². The highest BCUT2D eigenvalue weighted by atomic mass is 31.2. The highest BCUT2D eigenvalue weighted by molar-refractivity contribution is 7.55. The smallest absolute Gasteiger partial charge is 0.413 e. The van der Waals surface area contributed by atoms with E-state index >= 15 is 0 Å². The highest BCUT2D eigenvalue weighted by Crippen LogP contribution is 2.62. The number of hydrogen-bond acceptors (Lipinski definition) is 6. The van der Waals surface area contributed by atoms with Gasteiger partial charge < -0.3 is 8.95 Å². The number of anilines is 1. The minimum Gasteiger partial charge on any atom is -0.413 e. The lowest BCUT2D eigenvalue weighted by Crippen LogP contribution is -2.40. The lowest BCUT2D eigenvalue weighted by molar-refractivity contribution is 0.275. The molecule has 1 heterocycles. The molecule has 1 N–H and O–H groups in total. The van der Waals surface area contributed by atoms with Crippen LogP contribution in [-0.4, -0.2) is 13.3 Å². The molecule has 0 spiro atoms. The first-order chi connectivity index (χ1) is 18.6. The Kier molecular flexibility index (Phi) is 9.08. The topological polar surface area (TPSA) is 69.7 Å². The van der Waals surface area contributed by atoms with Crippen molar-refractivity contribution in [3.8, 4) is 5.88 Å². The second kappa shape index (κ2) is 12.3. The molecule has 1 atom stereocenters. The van der Waals surface area contributed by atoms with Crippen molar-refractivity contribution in [3.05, 3.63) is 126 Å². The van der Waals surface area contributed by atoms with E-state index in [0.717, 1.165) is 16.7 Å². The lowest BCUT2D eigenvalue weighted by Gasteiger charge is -2.36. The molecule has 0 amide bonds. The van der Waals surface area contributed by atoms with Crippen LogP contribution >= 0.6 is 7.60 Å². The Labute approximate surface area is 233 Å². The van der Waals surface area contributed by atoms with Crippen LogP contribution in [0, 0.1) is 0 Å². The maximum absolute atomic E-state index is 14.8. The molecule has 204 valence electrons. The highest BCUT2D eigenvalue weighted by Gasteiger charge is 2.42. The van der Waals surface area contributed by atoms with E-state index in [0.29, 0.717) is 12.3 Å². The third kappa shape index (κ3) is 7.46. The molecule has 0 fully saturated rings. The SMILES string of the molecule is CC(C)(C)[Si](C)(C)OCc1ccnc(OP(=O)(ONc2ccccc2)C(c2ccccc2)c2ccccc2)c1.